The highest BCUT2D eigenvalue weighted by Gasteiger charge is 2.17. The number of nitrogens with two attached hydrogens (primary N) is 1. The number of amidine groups is 1. The van der Waals surface area contributed by atoms with E-state index in [9.17, 15) is 0 Å². The van der Waals surface area contributed by atoms with E-state index in [-0.39, 0.29) is 5.84 Å². The predicted octanol–water partition coefficient (Wildman–Crippen LogP) is 1.94. The minimum atomic E-state index is 0.0685. The second-order valence-corrected chi connectivity index (χ2v) is 4.83. The summed E-state index contributed by atoms with van der Waals surface area (Å²) in [6, 6.07) is 4.06. The van der Waals surface area contributed by atoms with Crippen LogP contribution in [0.2, 0.25) is 0 Å². The largest absolute Gasteiger partial charge is 0.384 e. The number of anilines is 1. The average Bonchev–Trinajstić information content (AvgIpc) is 2.35. The SMILES string of the molecule is CCC(CSC)N(C)c1ncccc1C(=N)N. The van der Waals surface area contributed by atoms with Crippen LogP contribution in [0.3, 0.4) is 0 Å². The fourth-order valence-electron chi connectivity index (χ4n) is 1.76. The van der Waals surface area contributed by atoms with Crippen molar-refractivity contribution in [1.82, 2.24) is 4.98 Å². The first-order valence-electron chi connectivity index (χ1n) is 5.63. The maximum absolute atomic E-state index is 7.58. The van der Waals surface area contributed by atoms with Crippen molar-refractivity contribution in [2.75, 3.05) is 24.0 Å². The highest BCUT2D eigenvalue weighted by Crippen LogP contribution is 2.20. The van der Waals surface area contributed by atoms with Gasteiger partial charge in [0.15, 0.2) is 0 Å². The minimum absolute atomic E-state index is 0.0685. The first-order chi connectivity index (χ1) is 8.11. The highest BCUT2D eigenvalue weighted by atomic mass is 32.2. The fraction of sp³-hybridized carbons (Fsp3) is 0.500. The standard InChI is InChI=1S/C12H20N4S/c1-4-9(8-17-3)16(2)12-10(11(13)14)6-5-7-15-12/h5-7,9H,4,8H2,1-3H3,(H3,13,14). The summed E-state index contributed by atoms with van der Waals surface area (Å²) < 4.78 is 0. The van der Waals surface area contributed by atoms with Crippen LogP contribution in [0.5, 0.6) is 0 Å². The Morgan fingerprint density at radius 1 is 1.65 bits per heavy atom. The van der Waals surface area contributed by atoms with Gasteiger partial charge in [-0.1, -0.05) is 6.92 Å². The average molecular weight is 252 g/mol. The second-order valence-electron chi connectivity index (χ2n) is 3.92. The lowest BCUT2D eigenvalue weighted by atomic mass is 10.2. The molecule has 0 saturated carbocycles. The molecule has 4 nitrogen and oxygen atoms in total. The van der Waals surface area contributed by atoms with E-state index in [1.165, 1.54) is 0 Å². The van der Waals surface area contributed by atoms with Crippen LogP contribution in [0.4, 0.5) is 5.82 Å². The summed E-state index contributed by atoms with van der Waals surface area (Å²) in [5.41, 5.74) is 6.28. The molecule has 1 aromatic rings. The molecule has 0 aliphatic carbocycles. The van der Waals surface area contributed by atoms with Crippen molar-refractivity contribution in [1.29, 1.82) is 5.41 Å². The third kappa shape index (κ3) is 3.36. The van der Waals surface area contributed by atoms with Crippen molar-refractivity contribution in [3.05, 3.63) is 23.9 Å². The molecule has 17 heavy (non-hydrogen) atoms. The molecule has 0 saturated heterocycles. The molecule has 0 bridgehead atoms. The topological polar surface area (TPSA) is 66.0 Å². The van der Waals surface area contributed by atoms with Gasteiger partial charge < -0.3 is 10.6 Å². The van der Waals surface area contributed by atoms with Crippen molar-refractivity contribution >= 4 is 23.4 Å². The molecule has 0 spiro atoms. The monoisotopic (exact) mass is 252 g/mol. The van der Waals surface area contributed by atoms with E-state index < -0.39 is 0 Å². The molecule has 0 aliphatic heterocycles. The van der Waals surface area contributed by atoms with Crippen molar-refractivity contribution in [3.63, 3.8) is 0 Å². The lowest BCUT2D eigenvalue weighted by Crippen LogP contribution is -2.35. The van der Waals surface area contributed by atoms with Crippen LogP contribution in [0.15, 0.2) is 18.3 Å². The Balaban J connectivity index is 3.01. The summed E-state index contributed by atoms with van der Waals surface area (Å²) in [5, 5.41) is 7.58. The minimum Gasteiger partial charge on any atom is -0.384 e. The molecule has 3 N–H and O–H groups in total. The lowest BCUT2D eigenvalue weighted by molar-refractivity contribution is 0.665. The molecule has 0 amide bonds. The van der Waals surface area contributed by atoms with Crippen molar-refractivity contribution < 1.29 is 0 Å². The lowest BCUT2D eigenvalue weighted by Gasteiger charge is -2.29. The van der Waals surface area contributed by atoms with E-state index in [0.717, 1.165) is 18.0 Å². The van der Waals surface area contributed by atoms with Crippen LogP contribution in [-0.2, 0) is 0 Å². The number of pyridine rings is 1. The van der Waals surface area contributed by atoms with E-state index in [4.69, 9.17) is 11.1 Å². The van der Waals surface area contributed by atoms with E-state index in [1.807, 2.05) is 30.9 Å². The molecule has 0 aliphatic rings. The van der Waals surface area contributed by atoms with Crippen LogP contribution in [-0.4, -0.2) is 35.9 Å². The fourth-order valence-corrected chi connectivity index (χ4v) is 2.60. The first-order valence-corrected chi connectivity index (χ1v) is 7.02. The summed E-state index contributed by atoms with van der Waals surface area (Å²) in [4.78, 5) is 6.47. The molecule has 1 unspecified atom stereocenters. The third-order valence-corrected chi connectivity index (χ3v) is 3.51. The Labute approximate surface area is 107 Å². The molecule has 1 rings (SSSR count). The van der Waals surface area contributed by atoms with Crippen molar-refractivity contribution in [2.45, 2.75) is 19.4 Å². The normalized spacial score (nSPS) is 12.2. The molecule has 0 aromatic carbocycles. The first kappa shape index (κ1) is 13.8. The third-order valence-electron chi connectivity index (χ3n) is 2.79. The Bertz CT molecular complexity index is 381. The Kier molecular flexibility index (Phi) is 5.28. The van der Waals surface area contributed by atoms with Gasteiger partial charge in [-0.3, -0.25) is 5.41 Å². The molecular formula is C12H20N4S. The van der Waals surface area contributed by atoms with Crippen LogP contribution in [0.1, 0.15) is 18.9 Å². The van der Waals surface area contributed by atoms with Crippen molar-refractivity contribution in [3.8, 4) is 0 Å². The number of nitrogen functional groups attached to an aromatic ring is 1. The van der Waals surface area contributed by atoms with Gasteiger partial charge in [0.1, 0.15) is 11.7 Å². The summed E-state index contributed by atoms with van der Waals surface area (Å²) in [7, 11) is 2.01. The number of aromatic nitrogens is 1. The van der Waals surface area contributed by atoms with Crippen LogP contribution >= 0.6 is 11.8 Å². The Hall–Kier alpha value is -1.23. The Morgan fingerprint density at radius 2 is 2.35 bits per heavy atom. The van der Waals surface area contributed by atoms with Crippen LogP contribution in [0.25, 0.3) is 0 Å². The predicted molar refractivity (Wildman–Crippen MR) is 76.1 cm³/mol. The van der Waals surface area contributed by atoms with Gasteiger partial charge in [0.2, 0.25) is 0 Å². The number of hydrogen-bond acceptors (Lipinski definition) is 4. The van der Waals surface area contributed by atoms with Gasteiger partial charge in [0.05, 0.1) is 5.56 Å². The smallest absolute Gasteiger partial charge is 0.139 e. The summed E-state index contributed by atoms with van der Waals surface area (Å²) in [5.74, 6) is 1.90. The Morgan fingerprint density at radius 3 is 2.88 bits per heavy atom. The van der Waals surface area contributed by atoms with Gasteiger partial charge >= 0.3 is 0 Å². The molecule has 0 radical (unpaired) electrons. The maximum atomic E-state index is 7.58. The number of hydrogen-bond donors (Lipinski definition) is 2. The van der Waals surface area contributed by atoms with E-state index in [2.05, 4.69) is 23.1 Å². The molecule has 0 fully saturated rings. The zero-order valence-electron chi connectivity index (χ0n) is 10.6. The van der Waals surface area contributed by atoms with Crippen molar-refractivity contribution in [2.24, 2.45) is 5.73 Å². The quantitative estimate of drug-likeness (QED) is 0.600. The van der Waals surface area contributed by atoms with E-state index >= 15 is 0 Å². The number of nitrogens with one attached hydrogen (secondary N) is 1. The molecular weight excluding hydrogens is 232 g/mol. The molecule has 94 valence electrons. The highest BCUT2D eigenvalue weighted by molar-refractivity contribution is 7.98. The zero-order chi connectivity index (χ0) is 12.8. The van der Waals surface area contributed by atoms with Crippen LogP contribution < -0.4 is 10.6 Å². The zero-order valence-corrected chi connectivity index (χ0v) is 11.4. The molecule has 5 heteroatoms. The number of nitrogens with zero attached hydrogens (tertiary/aromatic N) is 2. The maximum Gasteiger partial charge on any atom is 0.139 e. The van der Waals surface area contributed by atoms with Gasteiger partial charge in [-0.15, -0.1) is 0 Å². The van der Waals surface area contributed by atoms with E-state index in [0.29, 0.717) is 11.6 Å². The number of thioether (sulfide) groups is 1. The summed E-state index contributed by atoms with van der Waals surface area (Å²) >= 11 is 1.82. The van der Waals surface area contributed by atoms with Gasteiger partial charge in [-0.25, -0.2) is 4.98 Å². The molecule has 1 aromatic heterocycles. The number of rotatable bonds is 6. The second kappa shape index (κ2) is 6.49. The van der Waals surface area contributed by atoms with Gasteiger partial charge in [0.25, 0.3) is 0 Å². The van der Waals surface area contributed by atoms with Gasteiger partial charge in [0, 0.05) is 25.0 Å². The van der Waals surface area contributed by atoms with E-state index in [1.54, 1.807) is 6.20 Å². The molecule has 1 atom stereocenters. The summed E-state index contributed by atoms with van der Waals surface area (Å²) in [6.07, 6.45) is 4.89. The van der Waals surface area contributed by atoms with Gasteiger partial charge in [-0.2, -0.15) is 11.8 Å². The molecule has 1 heterocycles. The van der Waals surface area contributed by atoms with Gasteiger partial charge in [-0.05, 0) is 24.8 Å². The van der Waals surface area contributed by atoms with Crippen LogP contribution in [0, 0.1) is 5.41 Å². The summed E-state index contributed by atoms with van der Waals surface area (Å²) in [6.45, 7) is 2.16.